The molecule has 0 spiro atoms. The van der Waals surface area contributed by atoms with E-state index in [4.69, 9.17) is 32.5 Å². The Labute approximate surface area is 409 Å². The summed E-state index contributed by atoms with van der Waals surface area (Å²) in [6.45, 7) is 12.3. The number of allylic oxidation sites excluding steroid dienone is 6. The Morgan fingerprint density at radius 3 is 2.35 bits per heavy atom. The molecule has 15 heteroatoms. The zero-order chi connectivity index (χ0) is 52.8. The van der Waals surface area contributed by atoms with Gasteiger partial charge in [0.2, 0.25) is 5.79 Å². The van der Waals surface area contributed by atoms with Gasteiger partial charge in [0.05, 0.1) is 47.8 Å². The number of ketones is 3. The van der Waals surface area contributed by atoms with E-state index in [2.05, 4.69) is 0 Å². The summed E-state index contributed by atoms with van der Waals surface area (Å²) in [7, 11) is 0.167. The summed E-state index contributed by atoms with van der Waals surface area (Å²) in [6, 6.07) is -1.22. The minimum absolute atomic E-state index is 0.0172. The Balaban J connectivity index is 1.73. The maximum atomic E-state index is 14.5. The highest BCUT2D eigenvalue weighted by atomic mass is 16.6. The summed E-state index contributed by atoms with van der Waals surface area (Å²) >= 11 is 0. The minimum Gasteiger partial charge on any atom is -0.460 e. The van der Waals surface area contributed by atoms with Crippen LogP contribution in [0.5, 0.6) is 0 Å². The topological polar surface area (TPSA) is 205 Å². The summed E-state index contributed by atoms with van der Waals surface area (Å²) in [5.74, 6) is -8.80. The number of esters is 1. The Bertz CT molecular complexity index is 1920. The van der Waals surface area contributed by atoms with Gasteiger partial charge >= 0.3 is 5.97 Å². The number of cyclic esters (lactones) is 1. The van der Waals surface area contributed by atoms with Crippen LogP contribution >= 0.6 is 0 Å². The predicted octanol–water partition coefficient (Wildman–Crippen LogP) is 6.20. The van der Waals surface area contributed by atoms with Crippen LogP contribution in [0.4, 0.5) is 0 Å². The third kappa shape index (κ3) is 15.3. The molecule has 3 fully saturated rings. The summed E-state index contributed by atoms with van der Waals surface area (Å²) < 4.78 is 58.8. The van der Waals surface area contributed by atoms with Gasteiger partial charge < -0.3 is 48.6 Å². The van der Waals surface area contributed by atoms with Gasteiger partial charge in [-0.15, -0.1) is 0 Å². The van der Waals surface area contributed by atoms with Gasteiger partial charge in [-0.1, -0.05) is 71.1 Å². The first-order valence-corrected chi connectivity index (χ1v) is 24.8. The number of amides is 1. The average molecular weight is 961 g/mol. The first-order valence-electron chi connectivity index (χ1n) is 26.3. The summed E-state index contributed by atoms with van der Waals surface area (Å²) in [6.07, 6.45) is 9.17. The quantitative estimate of drug-likeness (QED) is 0.174. The van der Waals surface area contributed by atoms with Crippen LogP contribution in [0.25, 0.3) is 0 Å². The number of rotatable bonds is 9. The molecule has 0 aromatic heterocycles. The fourth-order valence-electron chi connectivity index (χ4n) is 10.4. The van der Waals surface area contributed by atoms with Gasteiger partial charge in [-0.05, 0) is 107 Å². The van der Waals surface area contributed by atoms with Gasteiger partial charge in [-0.2, -0.15) is 0 Å². The third-order valence-corrected chi connectivity index (χ3v) is 14.7. The predicted molar refractivity (Wildman–Crippen MR) is 256 cm³/mol. The second-order valence-corrected chi connectivity index (χ2v) is 20.1. The molecule has 68 heavy (non-hydrogen) atoms. The van der Waals surface area contributed by atoms with Crippen molar-refractivity contribution in [3.05, 3.63) is 47.6 Å². The van der Waals surface area contributed by atoms with E-state index in [1.54, 1.807) is 66.0 Å². The van der Waals surface area contributed by atoms with Gasteiger partial charge in [0, 0.05) is 58.4 Å². The zero-order valence-corrected chi connectivity index (χ0v) is 41.9. The van der Waals surface area contributed by atoms with Crippen LogP contribution in [0.1, 0.15) is 130 Å². The lowest BCUT2D eigenvalue weighted by Crippen LogP contribution is -2.61. The highest BCUT2D eigenvalue weighted by Crippen LogP contribution is 2.38. The lowest BCUT2D eigenvalue weighted by Gasteiger charge is -2.42. The van der Waals surface area contributed by atoms with E-state index in [1.807, 2.05) is 26.0 Å². The summed E-state index contributed by atoms with van der Waals surface area (Å²) in [5.41, 5.74) is 0.810. The molecule has 1 unspecified atom stereocenters. The molecule has 384 valence electrons. The Morgan fingerprint density at radius 1 is 0.912 bits per heavy atom. The van der Waals surface area contributed by atoms with E-state index in [0.717, 1.165) is 11.3 Å². The normalized spacial score (nSPS) is 38.3. The molecular weight excluding hydrogens is 875 g/mol. The Hall–Kier alpha value is -3.41. The van der Waals surface area contributed by atoms with E-state index in [9.17, 15) is 39.3 Å². The highest BCUT2D eigenvalue weighted by Gasteiger charge is 2.53. The van der Waals surface area contributed by atoms with Crippen LogP contribution in [0.2, 0.25) is 0 Å². The molecule has 4 aliphatic rings. The summed E-state index contributed by atoms with van der Waals surface area (Å²) in [4.78, 5) is 72.3. The molecule has 1 saturated carbocycles. The first-order chi connectivity index (χ1) is 33.4. The van der Waals surface area contributed by atoms with Crippen molar-refractivity contribution in [3.63, 3.8) is 0 Å². The lowest BCUT2D eigenvalue weighted by molar-refractivity contribution is -0.265. The SMILES string of the molecule is [2H]C([2H])([2H])O[C@H]1C[C@@H]2CC[C@@H](C)[C@@](O)(O2)C(=O)C(=O)N2CCCC[C@H]2C(=O)O[C@H]([C@H](C)C[C@@H]2CC[C@@H](OCCO)[C@H](OC)C2)CC(=O)/C(C)=C/C(C)[C@@H](O)[C@@H](OC)C(=O)[C@H](C)C[C@H](C)C=CC=CC=C1C. The molecular formula is C53H83NO14. The number of aliphatic hydroxyl groups excluding tert-OH is 2. The number of aliphatic hydroxyl groups is 3. The number of ether oxygens (including phenoxy) is 6. The van der Waals surface area contributed by atoms with Crippen LogP contribution in [0.15, 0.2) is 47.6 Å². The monoisotopic (exact) mass is 961 g/mol. The van der Waals surface area contributed by atoms with Gasteiger partial charge in [-0.25, -0.2) is 4.79 Å². The number of nitrogens with zero attached hydrogens (tertiary/aromatic N) is 1. The molecule has 2 saturated heterocycles. The number of hydrogen-bond acceptors (Lipinski definition) is 14. The van der Waals surface area contributed by atoms with E-state index in [0.29, 0.717) is 50.5 Å². The Kier molecular flexibility index (Phi) is 21.0. The maximum Gasteiger partial charge on any atom is 0.329 e. The van der Waals surface area contributed by atoms with E-state index < -0.39 is 84.8 Å². The van der Waals surface area contributed by atoms with Crippen LogP contribution in [-0.4, -0.2) is 145 Å². The molecule has 2 bridgehead atoms. The van der Waals surface area contributed by atoms with Crippen molar-refractivity contribution in [1.29, 1.82) is 0 Å². The van der Waals surface area contributed by atoms with E-state index in [1.165, 1.54) is 7.11 Å². The number of carbonyl (C=O) groups excluding carboxylic acids is 5. The van der Waals surface area contributed by atoms with E-state index >= 15 is 0 Å². The minimum atomic E-state index is -2.80. The molecule has 0 aromatic carbocycles. The zero-order valence-electron chi connectivity index (χ0n) is 44.9. The molecule has 15 atom stereocenters. The van der Waals surface area contributed by atoms with Crippen molar-refractivity contribution in [2.24, 2.45) is 35.5 Å². The highest BCUT2D eigenvalue weighted by molar-refractivity contribution is 6.39. The van der Waals surface area contributed by atoms with Crippen LogP contribution in [0.3, 0.4) is 0 Å². The van der Waals surface area contributed by atoms with Crippen molar-refractivity contribution < 1.29 is 71.8 Å². The number of fused-ring (bicyclic) bond motifs is 3. The largest absolute Gasteiger partial charge is 0.460 e. The third-order valence-electron chi connectivity index (χ3n) is 14.7. The molecule has 1 aliphatic carbocycles. The van der Waals surface area contributed by atoms with E-state index in [-0.39, 0.29) is 92.5 Å². The maximum absolute atomic E-state index is 14.5. The fourth-order valence-corrected chi connectivity index (χ4v) is 10.4. The molecule has 3 N–H and O–H groups in total. The average Bonchev–Trinajstić information content (AvgIpc) is 3.32. The van der Waals surface area contributed by atoms with Crippen LogP contribution < -0.4 is 0 Å². The lowest BCUT2D eigenvalue weighted by atomic mass is 9.78. The smallest absolute Gasteiger partial charge is 0.329 e. The first kappa shape index (κ1) is 52.4. The molecule has 0 radical (unpaired) electrons. The summed E-state index contributed by atoms with van der Waals surface area (Å²) in [5, 5.41) is 32.9. The number of methoxy groups -OCH3 is 3. The van der Waals surface area contributed by atoms with Crippen LogP contribution in [0, 0.1) is 35.5 Å². The number of carbonyl (C=O) groups is 5. The van der Waals surface area contributed by atoms with Gasteiger partial charge in [0.1, 0.15) is 18.2 Å². The van der Waals surface area contributed by atoms with Crippen molar-refractivity contribution in [3.8, 4) is 0 Å². The van der Waals surface area contributed by atoms with Gasteiger partial charge in [0.15, 0.2) is 11.6 Å². The van der Waals surface area contributed by atoms with Gasteiger partial charge in [0.25, 0.3) is 11.7 Å². The standard InChI is InChI=1S/C53H83NO14/c1-32-16-12-11-13-17-33(2)44(63-8)30-40-21-19-38(7)53(62,68-40)50(59)51(60)54-23-15-14-18-41(54)52(61)67-45(35(4)28-39-20-22-43(66-25-24-55)46(29-39)64-9)31-42(56)34(3)27-37(6)48(58)49(65-10)47(57)36(5)26-32/h11-13,16-17,27,32,35-41,43-46,48-49,55,58,62H,14-15,18-26,28-31H2,1-10H3/b13-11?,16-12?,33-17?,34-27+/t32-,35-,36-,37?,38-,39+,40+,41+,43-,44+,45+,46-,48-,49+,53-/m1/s1/i8D3. The second kappa shape index (κ2) is 27.3. The Morgan fingerprint density at radius 2 is 1.66 bits per heavy atom. The molecule has 1 amide bonds. The van der Waals surface area contributed by atoms with Crippen molar-refractivity contribution in [2.75, 3.05) is 41.0 Å². The number of hydrogen-bond donors (Lipinski definition) is 3. The second-order valence-electron chi connectivity index (χ2n) is 20.1. The number of Topliss-reactive ketones (excluding diaryl/α,β-unsaturated/α-hetero) is 3. The molecule has 3 heterocycles. The van der Waals surface area contributed by atoms with Crippen LogP contribution in [-0.2, 0) is 52.4 Å². The van der Waals surface area contributed by atoms with Crippen molar-refractivity contribution in [2.45, 2.75) is 180 Å². The molecule has 3 aliphatic heterocycles. The number of piperidine rings is 1. The van der Waals surface area contributed by atoms with Gasteiger partial charge in [-0.3, -0.25) is 19.2 Å². The molecule has 0 aromatic rings. The van der Waals surface area contributed by atoms with Crippen molar-refractivity contribution >= 4 is 29.2 Å². The fraction of sp³-hybridized carbons (Fsp3) is 0.755. The molecule has 15 nitrogen and oxygen atoms in total. The van der Waals surface area contributed by atoms with Crippen molar-refractivity contribution in [1.82, 2.24) is 4.90 Å². The molecule has 4 rings (SSSR count).